The van der Waals surface area contributed by atoms with E-state index in [9.17, 15) is 0 Å². The zero-order valence-corrected chi connectivity index (χ0v) is 14.5. The van der Waals surface area contributed by atoms with E-state index in [2.05, 4.69) is 70.1 Å². The summed E-state index contributed by atoms with van der Waals surface area (Å²) in [5.41, 5.74) is 2.38. The summed E-state index contributed by atoms with van der Waals surface area (Å²) in [6.07, 6.45) is 1.97. The van der Waals surface area contributed by atoms with Crippen molar-refractivity contribution < 1.29 is 0 Å². The topological polar surface area (TPSA) is 28.2 Å². The van der Waals surface area contributed by atoms with Gasteiger partial charge in [0.25, 0.3) is 0 Å². The average Bonchev–Trinajstić information content (AvgIpc) is 2.90. The van der Waals surface area contributed by atoms with Gasteiger partial charge >= 0.3 is 0 Å². The summed E-state index contributed by atoms with van der Waals surface area (Å²) in [7, 11) is 0. The van der Waals surface area contributed by atoms with Crippen LogP contribution in [0.1, 0.15) is 24.3 Å². The monoisotopic (exact) mass is 353 g/mol. The first-order chi connectivity index (χ1) is 9.63. The Balaban J connectivity index is 2.02. The Labute approximate surface area is 133 Å². The van der Waals surface area contributed by atoms with Gasteiger partial charge in [-0.25, -0.2) is 4.98 Å². The number of anilines is 2. The van der Waals surface area contributed by atoms with Crippen LogP contribution in [0.3, 0.4) is 0 Å². The van der Waals surface area contributed by atoms with Gasteiger partial charge in [-0.3, -0.25) is 0 Å². The number of hydrogen-bond donors (Lipinski definition) is 1. The standard InChI is InChI=1S/C15H20BrN3S/c1-4-19(5-2)15-18-10-12(20-15)9-17-14-8-11(3)6-7-13(14)16/h6-8,10,17H,4-5,9H2,1-3H3. The smallest absolute Gasteiger partial charge is 0.185 e. The summed E-state index contributed by atoms with van der Waals surface area (Å²) in [4.78, 5) is 8.03. The second kappa shape index (κ2) is 7.09. The summed E-state index contributed by atoms with van der Waals surface area (Å²) in [5.74, 6) is 0. The molecule has 2 rings (SSSR count). The zero-order valence-electron chi connectivity index (χ0n) is 12.1. The summed E-state index contributed by atoms with van der Waals surface area (Å²) in [6.45, 7) is 9.23. The normalized spacial score (nSPS) is 10.6. The van der Waals surface area contributed by atoms with Gasteiger partial charge in [-0.1, -0.05) is 6.07 Å². The van der Waals surface area contributed by atoms with Crippen molar-refractivity contribution in [3.8, 4) is 0 Å². The molecule has 0 spiro atoms. The van der Waals surface area contributed by atoms with Gasteiger partial charge in [-0.2, -0.15) is 0 Å². The SMILES string of the molecule is CCN(CC)c1ncc(CNc2cc(C)ccc2Br)s1. The van der Waals surface area contributed by atoms with E-state index < -0.39 is 0 Å². The molecule has 0 aliphatic carbocycles. The summed E-state index contributed by atoms with van der Waals surface area (Å²) in [6, 6.07) is 6.32. The van der Waals surface area contributed by atoms with Crippen LogP contribution in [-0.4, -0.2) is 18.1 Å². The number of halogens is 1. The minimum absolute atomic E-state index is 0.807. The van der Waals surface area contributed by atoms with Crippen molar-refractivity contribution in [3.05, 3.63) is 39.3 Å². The van der Waals surface area contributed by atoms with Crippen molar-refractivity contribution in [1.29, 1.82) is 0 Å². The molecule has 1 N–H and O–H groups in total. The Morgan fingerprint density at radius 1 is 1.30 bits per heavy atom. The Hall–Kier alpha value is -1.07. The lowest BCUT2D eigenvalue weighted by atomic mass is 10.2. The van der Waals surface area contributed by atoms with E-state index in [1.165, 1.54) is 10.4 Å². The van der Waals surface area contributed by atoms with E-state index >= 15 is 0 Å². The molecular formula is C15H20BrN3S. The Morgan fingerprint density at radius 3 is 2.75 bits per heavy atom. The van der Waals surface area contributed by atoms with Crippen LogP contribution >= 0.6 is 27.3 Å². The molecule has 1 heterocycles. The van der Waals surface area contributed by atoms with Gasteiger partial charge in [-0.15, -0.1) is 11.3 Å². The predicted molar refractivity (Wildman–Crippen MR) is 91.9 cm³/mol. The van der Waals surface area contributed by atoms with Gasteiger partial charge in [0.2, 0.25) is 0 Å². The molecular weight excluding hydrogens is 334 g/mol. The molecule has 1 aromatic heterocycles. The highest BCUT2D eigenvalue weighted by Gasteiger charge is 2.08. The fourth-order valence-electron chi connectivity index (χ4n) is 1.98. The molecule has 0 saturated carbocycles. The van der Waals surface area contributed by atoms with Gasteiger partial charge in [0.1, 0.15) is 0 Å². The molecule has 20 heavy (non-hydrogen) atoms. The fourth-order valence-corrected chi connectivity index (χ4v) is 3.34. The summed E-state index contributed by atoms with van der Waals surface area (Å²) in [5, 5.41) is 4.57. The molecule has 5 heteroatoms. The number of hydrogen-bond acceptors (Lipinski definition) is 4. The van der Waals surface area contributed by atoms with E-state index in [-0.39, 0.29) is 0 Å². The van der Waals surface area contributed by atoms with Crippen LogP contribution in [0.25, 0.3) is 0 Å². The lowest BCUT2D eigenvalue weighted by Gasteiger charge is -2.16. The Bertz CT molecular complexity index is 564. The summed E-state index contributed by atoms with van der Waals surface area (Å²) >= 11 is 5.33. The van der Waals surface area contributed by atoms with Gasteiger partial charge in [0.15, 0.2) is 5.13 Å². The van der Waals surface area contributed by atoms with Crippen molar-refractivity contribution in [2.24, 2.45) is 0 Å². The fraction of sp³-hybridized carbons (Fsp3) is 0.400. The van der Waals surface area contributed by atoms with Crippen LogP contribution < -0.4 is 10.2 Å². The molecule has 0 radical (unpaired) electrons. The first-order valence-electron chi connectivity index (χ1n) is 6.83. The number of nitrogens with one attached hydrogen (secondary N) is 1. The van der Waals surface area contributed by atoms with Crippen LogP contribution in [0, 0.1) is 6.92 Å². The maximum Gasteiger partial charge on any atom is 0.185 e. The first kappa shape index (κ1) is 15.3. The molecule has 3 nitrogen and oxygen atoms in total. The van der Waals surface area contributed by atoms with E-state index in [4.69, 9.17) is 0 Å². The van der Waals surface area contributed by atoms with Crippen LogP contribution in [0.15, 0.2) is 28.9 Å². The number of thiazole rings is 1. The maximum atomic E-state index is 4.50. The molecule has 0 amide bonds. The Morgan fingerprint density at radius 2 is 2.05 bits per heavy atom. The molecule has 0 aliphatic heterocycles. The highest BCUT2D eigenvalue weighted by molar-refractivity contribution is 9.10. The minimum Gasteiger partial charge on any atom is -0.379 e. The number of aromatic nitrogens is 1. The molecule has 0 fully saturated rings. The maximum absolute atomic E-state index is 4.50. The van der Waals surface area contributed by atoms with Gasteiger partial charge in [0, 0.05) is 34.3 Å². The molecule has 108 valence electrons. The van der Waals surface area contributed by atoms with Crippen molar-refractivity contribution in [2.45, 2.75) is 27.3 Å². The van der Waals surface area contributed by atoms with Crippen LogP contribution in [0.4, 0.5) is 10.8 Å². The minimum atomic E-state index is 0.807. The number of benzene rings is 1. The quantitative estimate of drug-likeness (QED) is 0.817. The third-order valence-corrected chi connectivity index (χ3v) is 4.90. The molecule has 1 aromatic carbocycles. The lowest BCUT2D eigenvalue weighted by molar-refractivity contribution is 0.860. The van der Waals surface area contributed by atoms with E-state index in [0.29, 0.717) is 0 Å². The van der Waals surface area contributed by atoms with Crippen molar-refractivity contribution >= 4 is 38.1 Å². The predicted octanol–water partition coefficient (Wildman–Crippen LogP) is 4.67. The number of nitrogens with zero attached hydrogens (tertiary/aromatic N) is 2. The van der Waals surface area contributed by atoms with Gasteiger partial charge in [0.05, 0.1) is 6.54 Å². The van der Waals surface area contributed by atoms with E-state index in [1.807, 2.05) is 6.20 Å². The second-order valence-electron chi connectivity index (χ2n) is 4.62. The van der Waals surface area contributed by atoms with Gasteiger partial charge < -0.3 is 10.2 Å². The molecule has 0 saturated heterocycles. The van der Waals surface area contributed by atoms with Crippen molar-refractivity contribution in [2.75, 3.05) is 23.3 Å². The van der Waals surface area contributed by atoms with Gasteiger partial charge in [-0.05, 0) is 54.4 Å². The lowest BCUT2D eigenvalue weighted by Crippen LogP contribution is -2.21. The molecule has 0 bridgehead atoms. The highest BCUT2D eigenvalue weighted by Crippen LogP contribution is 2.26. The third kappa shape index (κ3) is 3.73. The largest absolute Gasteiger partial charge is 0.379 e. The number of rotatable bonds is 6. The van der Waals surface area contributed by atoms with Crippen LogP contribution in [-0.2, 0) is 6.54 Å². The van der Waals surface area contributed by atoms with Crippen LogP contribution in [0.5, 0.6) is 0 Å². The molecule has 0 aliphatic rings. The third-order valence-electron chi connectivity index (χ3n) is 3.15. The van der Waals surface area contributed by atoms with Crippen LogP contribution in [0.2, 0.25) is 0 Å². The Kier molecular flexibility index (Phi) is 5.43. The van der Waals surface area contributed by atoms with E-state index in [1.54, 1.807) is 11.3 Å². The molecule has 2 aromatic rings. The second-order valence-corrected chi connectivity index (χ2v) is 6.57. The zero-order chi connectivity index (χ0) is 14.5. The van der Waals surface area contributed by atoms with Crippen molar-refractivity contribution in [3.63, 3.8) is 0 Å². The molecule has 0 unspecified atom stereocenters. The first-order valence-corrected chi connectivity index (χ1v) is 8.44. The average molecular weight is 354 g/mol. The highest BCUT2D eigenvalue weighted by atomic mass is 79.9. The number of aryl methyl sites for hydroxylation is 1. The summed E-state index contributed by atoms with van der Waals surface area (Å²) < 4.78 is 1.09. The van der Waals surface area contributed by atoms with Crippen molar-refractivity contribution in [1.82, 2.24) is 4.98 Å². The molecule has 0 atom stereocenters. The van der Waals surface area contributed by atoms with E-state index in [0.717, 1.165) is 34.9 Å².